The topological polar surface area (TPSA) is 86.6 Å². The summed E-state index contributed by atoms with van der Waals surface area (Å²) in [6.07, 6.45) is 3.20. The van der Waals surface area contributed by atoms with Crippen molar-refractivity contribution < 1.29 is 47.0 Å². The average molecular weight is 462 g/mol. The molecule has 0 bridgehead atoms. The van der Waals surface area contributed by atoms with E-state index in [2.05, 4.69) is 0 Å². The quantitative estimate of drug-likeness (QED) is 0.285. The van der Waals surface area contributed by atoms with E-state index in [4.69, 9.17) is 18.6 Å². The van der Waals surface area contributed by atoms with Crippen molar-refractivity contribution in [3.8, 4) is 0 Å². The molecule has 2 N–H and O–H groups in total. The van der Waals surface area contributed by atoms with Crippen LogP contribution in [0.25, 0.3) is 0 Å². The summed E-state index contributed by atoms with van der Waals surface area (Å²) < 4.78 is 49.6. The molecule has 3 atom stereocenters. The van der Waals surface area contributed by atoms with Crippen LogP contribution < -0.4 is 0 Å². The van der Waals surface area contributed by atoms with Crippen LogP contribution in [-0.2, 0) is 40.6 Å². The maximum absolute atomic E-state index is 10.3. The molecule has 0 radical (unpaired) electrons. The van der Waals surface area contributed by atoms with Crippen molar-refractivity contribution in [1.82, 2.24) is 0 Å². The van der Waals surface area contributed by atoms with Gasteiger partial charge in [-0.25, -0.2) is 0 Å². The molecule has 0 amide bonds. The molecule has 0 fully saturated rings. The molecule has 25 heavy (non-hydrogen) atoms. The minimum absolute atomic E-state index is 0.197. The number of unbranched alkanes of at least 4 members (excludes halogenated alkanes) is 1. The molecule has 0 aromatic heterocycles. The van der Waals surface area contributed by atoms with Crippen LogP contribution >= 0.6 is 0 Å². The predicted octanol–water partition coefficient (Wildman–Crippen LogP) is 3.50. The van der Waals surface area contributed by atoms with E-state index in [-0.39, 0.29) is 24.9 Å². The Kier molecular flexibility index (Phi) is 13.5. The van der Waals surface area contributed by atoms with Crippen LogP contribution in [0.15, 0.2) is 0 Å². The first-order valence-corrected chi connectivity index (χ1v) is 15.3. The summed E-state index contributed by atoms with van der Waals surface area (Å²) in [7, 11) is -3.77. The molecule has 9 heteroatoms. The fourth-order valence-electron chi connectivity index (χ4n) is 1.69. The third-order valence-electron chi connectivity index (χ3n) is 3.81. The van der Waals surface area contributed by atoms with Crippen molar-refractivity contribution in [1.29, 1.82) is 0 Å². The molecule has 0 aromatic rings. The van der Waals surface area contributed by atoms with Gasteiger partial charge in [0.1, 0.15) is 0 Å². The van der Waals surface area contributed by atoms with Crippen LogP contribution in [0.1, 0.15) is 80.6 Å². The van der Waals surface area contributed by atoms with E-state index in [1.54, 1.807) is 0 Å². The van der Waals surface area contributed by atoms with Gasteiger partial charge in [-0.15, -0.1) is 0 Å². The molecule has 0 aromatic carbocycles. The average Bonchev–Trinajstić information content (AvgIpc) is 2.53. The Hall–Kier alpha value is 0.820. The Morgan fingerprint density at radius 3 is 1.52 bits per heavy atom. The summed E-state index contributed by atoms with van der Waals surface area (Å²) in [4.78, 5) is 0. The molecule has 152 valence electrons. The molecule has 0 aliphatic rings. The minimum atomic E-state index is -5.25. The van der Waals surface area contributed by atoms with Crippen molar-refractivity contribution in [2.45, 2.75) is 98.9 Å². The van der Waals surface area contributed by atoms with Crippen molar-refractivity contribution in [2.75, 3.05) is 6.61 Å². The van der Waals surface area contributed by atoms with Gasteiger partial charge in [-0.3, -0.25) is 0 Å². The molecular formula is C16H38O7SiZr. The van der Waals surface area contributed by atoms with Gasteiger partial charge in [0.15, 0.2) is 0 Å². The van der Waals surface area contributed by atoms with Gasteiger partial charge >= 0.3 is 162 Å². The van der Waals surface area contributed by atoms with Gasteiger partial charge in [-0.05, 0) is 0 Å². The third-order valence-corrected chi connectivity index (χ3v) is 11.6. The second-order valence-electron chi connectivity index (χ2n) is 6.36. The predicted molar refractivity (Wildman–Crippen MR) is 94.7 cm³/mol. The van der Waals surface area contributed by atoms with Crippen LogP contribution in [0.5, 0.6) is 0 Å². The molecule has 0 aliphatic carbocycles. The van der Waals surface area contributed by atoms with Gasteiger partial charge in [0.25, 0.3) is 0 Å². The summed E-state index contributed by atoms with van der Waals surface area (Å²) >= 11 is -5.25. The van der Waals surface area contributed by atoms with Gasteiger partial charge in [-0.1, -0.05) is 0 Å². The van der Waals surface area contributed by atoms with E-state index >= 15 is 0 Å². The number of hydrogen-bond donors (Lipinski definition) is 2. The fraction of sp³-hybridized carbons (Fsp3) is 1.00. The molecule has 0 spiro atoms. The van der Waals surface area contributed by atoms with E-state index in [1.165, 1.54) is 0 Å². The molecule has 0 rings (SSSR count). The van der Waals surface area contributed by atoms with Crippen molar-refractivity contribution in [2.24, 2.45) is 0 Å². The second kappa shape index (κ2) is 13.1. The van der Waals surface area contributed by atoms with Crippen LogP contribution in [0.2, 0.25) is 0 Å². The monoisotopic (exact) mass is 460 g/mol. The van der Waals surface area contributed by atoms with Gasteiger partial charge in [-0.2, -0.15) is 0 Å². The van der Waals surface area contributed by atoms with E-state index in [9.17, 15) is 6.37 Å². The zero-order valence-corrected chi connectivity index (χ0v) is 20.4. The van der Waals surface area contributed by atoms with E-state index in [0.29, 0.717) is 0 Å². The normalized spacial score (nSPS) is 18.6. The zero-order valence-electron chi connectivity index (χ0n) is 16.9. The third kappa shape index (κ3) is 11.3. The van der Waals surface area contributed by atoms with Crippen LogP contribution in [0, 0.1) is 0 Å². The van der Waals surface area contributed by atoms with Crippen LogP contribution in [0.3, 0.4) is 0 Å². The summed E-state index contributed by atoms with van der Waals surface area (Å²) in [5, 5.41) is 0. The fourth-order valence-corrected chi connectivity index (χ4v) is 9.27. The Morgan fingerprint density at radius 2 is 1.20 bits per heavy atom. The standard InChI is InChI=1S/C12H27O4Si.C4H9O.2H2O.Zr/c1-7-10(4)14-17(13,15-11(5)8-2)16-12(6)9-3;1-2-3-4-5;;;/h10-12H,7-9H2,1-6H3;2-4H2,1H3;2*1H2;/q2*-1;;;+4/p-2. The first kappa shape index (κ1) is 25.8. The van der Waals surface area contributed by atoms with Crippen LogP contribution in [-0.4, -0.2) is 40.3 Å². The maximum atomic E-state index is 10.3. The Balaban J connectivity index is 5.45. The molecule has 7 nitrogen and oxygen atoms in total. The van der Waals surface area contributed by atoms with Gasteiger partial charge in [0.05, 0.1) is 0 Å². The second-order valence-corrected chi connectivity index (χ2v) is 13.2. The van der Waals surface area contributed by atoms with Crippen molar-refractivity contribution >= 4 is 9.05 Å². The summed E-state index contributed by atoms with van der Waals surface area (Å²) in [5.74, 6) is 0. The number of rotatable bonds is 15. The number of hydrogen-bond acceptors (Lipinski definition) is 7. The van der Waals surface area contributed by atoms with Crippen molar-refractivity contribution in [3.63, 3.8) is 0 Å². The molecule has 0 heterocycles. The summed E-state index contributed by atoms with van der Waals surface area (Å²) in [5.41, 5.74) is 0. The zero-order chi connectivity index (χ0) is 19.5. The van der Waals surface area contributed by atoms with Crippen LogP contribution in [0.4, 0.5) is 0 Å². The Labute approximate surface area is 161 Å². The molecule has 0 saturated heterocycles. The van der Waals surface area contributed by atoms with Gasteiger partial charge in [0.2, 0.25) is 0 Å². The molecule has 3 unspecified atom stereocenters. The summed E-state index contributed by atoms with van der Waals surface area (Å²) in [6, 6.07) is 0. The first-order chi connectivity index (χ1) is 11.6. The Bertz CT molecular complexity index is 315. The SMILES string of the molecule is CCCC[O][Zr]([OH])([OH])[O][Si](OC(C)CC)(OC(C)CC)OC(C)CC. The van der Waals surface area contributed by atoms with Gasteiger partial charge in [0, 0.05) is 0 Å². The molecule has 0 saturated carbocycles. The Morgan fingerprint density at radius 1 is 0.800 bits per heavy atom. The van der Waals surface area contributed by atoms with E-state index in [0.717, 1.165) is 32.1 Å². The van der Waals surface area contributed by atoms with Gasteiger partial charge < -0.3 is 0 Å². The first-order valence-electron chi connectivity index (χ1n) is 9.45. The van der Waals surface area contributed by atoms with E-state index in [1.807, 2.05) is 48.5 Å². The van der Waals surface area contributed by atoms with Crippen molar-refractivity contribution in [3.05, 3.63) is 0 Å². The van der Waals surface area contributed by atoms with E-state index < -0.39 is 31.1 Å². The molecular weight excluding hydrogens is 423 g/mol. The molecule has 0 aliphatic heterocycles. The summed E-state index contributed by atoms with van der Waals surface area (Å²) in [6.45, 7) is 13.8.